The Hall–Kier alpha value is -0.590. The molecule has 2 nitrogen and oxygen atoms in total. The molecule has 1 atom stereocenters. The molecular weight excluding hydrogens is 138 g/mol. The van der Waals surface area contributed by atoms with Crippen LogP contribution in [-0.2, 0) is 4.79 Å². The van der Waals surface area contributed by atoms with Crippen molar-refractivity contribution < 1.29 is 4.79 Å². The molecule has 1 aliphatic rings. The van der Waals surface area contributed by atoms with E-state index in [0.717, 1.165) is 12.8 Å². The molecule has 1 rings (SSSR count). The van der Waals surface area contributed by atoms with E-state index in [1.54, 1.807) is 0 Å². The second-order valence-electron chi connectivity index (χ2n) is 1.90. The average molecular weight is 144 g/mol. The highest BCUT2D eigenvalue weighted by molar-refractivity contribution is 6.30. The largest absolute Gasteiger partial charge is 0.235 e. The fourth-order valence-electron chi connectivity index (χ4n) is 0.843. The van der Waals surface area contributed by atoms with Crippen molar-refractivity contribution in [3.05, 3.63) is 11.1 Å². The van der Waals surface area contributed by atoms with Crippen molar-refractivity contribution in [3.63, 3.8) is 0 Å². The predicted octanol–water partition coefficient (Wildman–Crippen LogP) is 1.61. The molecule has 0 heterocycles. The lowest BCUT2D eigenvalue weighted by Crippen LogP contribution is -1.96. The zero-order valence-electron chi connectivity index (χ0n) is 4.80. The summed E-state index contributed by atoms with van der Waals surface area (Å²) in [5.74, 6) is 0. The molecule has 0 aromatic carbocycles. The first-order chi connectivity index (χ1) is 4.34. The number of allylic oxidation sites excluding steroid dienone is 1. The van der Waals surface area contributed by atoms with Gasteiger partial charge in [0.15, 0.2) is 0 Å². The Balaban J connectivity index is 2.63. The van der Waals surface area contributed by atoms with Gasteiger partial charge in [-0.05, 0) is 12.8 Å². The Kier molecular flexibility index (Phi) is 2.04. The topological polar surface area (TPSA) is 29.4 Å². The SMILES string of the molecule is O=C=NC1CCC=C1Cl. The second-order valence-corrected chi connectivity index (χ2v) is 2.34. The highest BCUT2D eigenvalue weighted by Gasteiger charge is 2.15. The molecular formula is C6H6ClNO. The molecule has 1 aliphatic carbocycles. The van der Waals surface area contributed by atoms with Crippen LogP contribution in [0.5, 0.6) is 0 Å². The van der Waals surface area contributed by atoms with Gasteiger partial charge in [0.1, 0.15) is 0 Å². The summed E-state index contributed by atoms with van der Waals surface area (Å²) in [6.45, 7) is 0. The molecule has 0 aromatic rings. The van der Waals surface area contributed by atoms with Crippen molar-refractivity contribution in [3.8, 4) is 0 Å². The van der Waals surface area contributed by atoms with E-state index in [0.29, 0.717) is 5.03 Å². The van der Waals surface area contributed by atoms with Crippen molar-refractivity contribution in [2.24, 2.45) is 4.99 Å². The third-order valence-electron chi connectivity index (χ3n) is 1.31. The van der Waals surface area contributed by atoms with Crippen LogP contribution >= 0.6 is 11.6 Å². The lowest BCUT2D eigenvalue weighted by Gasteiger charge is -1.96. The van der Waals surface area contributed by atoms with Crippen molar-refractivity contribution in [1.82, 2.24) is 0 Å². The Morgan fingerprint density at radius 2 is 2.67 bits per heavy atom. The maximum Gasteiger partial charge on any atom is 0.235 e. The number of hydrogen-bond acceptors (Lipinski definition) is 2. The minimum atomic E-state index is -0.0934. The van der Waals surface area contributed by atoms with Gasteiger partial charge in [0, 0.05) is 5.03 Å². The van der Waals surface area contributed by atoms with E-state index in [4.69, 9.17) is 11.6 Å². The highest BCUT2D eigenvalue weighted by Crippen LogP contribution is 2.24. The molecule has 0 amide bonds. The molecule has 0 fully saturated rings. The summed E-state index contributed by atoms with van der Waals surface area (Å²) >= 11 is 5.65. The number of carbonyl (C=O) groups excluding carboxylic acids is 1. The summed E-state index contributed by atoms with van der Waals surface area (Å²) in [5.41, 5.74) is 0. The number of hydrogen-bond donors (Lipinski definition) is 0. The van der Waals surface area contributed by atoms with Gasteiger partial charge in [-0.15, -0.1) is 0 Å². The van der Waals surface area contributed by atoms with Gasteiger partial charge >= 0.3 is 0 Å². The van der Waals surface area contributed by atoms with Crippen molar-refractivity contribution in [2.45, 2.75) is 18.9 Å². The van der Waals surface area contributed by atoms with Crippen LogP contribution in [0.15, 0.2) is 16.1 Å². The van der Waals surface area contributed by atoms with Gasteiger partial charge in [-0.25, -0.2) is 4.79 Å². The molecule has 3 heteroatoms. The quantitative estimate of drug-likeness (QED) is 0.405. The normalized spacial score (nSPS) is 25.0. The van der Waals surface area contributed by atoms with Crippen LogP contribution in [0.4, 0.5) is 0 Å². The molecule has 1 unspecified atom stereocenters. The van der Waals surface area contributed by atoms with E-state index >= 15 is 0 Å². The molecule has 0 aromatic heterocycles. The number of isocyanates is 1. The van der Waals surface area contributed by atoms with Gasteiger partial charge in [0.25, 0.3) is 0 Å². The number of halogens is 1. The summed E-state index contributed by atoms with van der Waals surface area (Å²) in [5, 5.41) is 0.679. The first-order valence-corrected chi connectivity index (χ1v) is 3.15. The van der Waals surface area contributed by atoms with Gasteiger partial charge < -0.3 is 0 Å². The molecule has 0 radical (unpaired) electrons. The minimum absolute atomic E-state index is 0.0934. The third kappa shape index (κ3) is 1.41. The number of rotatable bonds is 1. The van der Waals surface area contributed by atoms with Crippen molar-refractivity contribution in [1.29, 1.82) is 0 Å². The maximum atomic E-state index is 9.73. The van der Waals surface area contributed by atoms with Crippen LogP contribution in [0.3, 0.4) is 0 Å². The molecule has 9 heavy (non-hydrogen) atoms. The summed E-state index contributed by atoms with van der Waals surface area (Å²) in [7, 11) is 0. The van der Waals surface area contributed by atoms with Crippen LogP contribution in [0.25, 0.3) is 0 Å². The molecule has 0 aliphatic heterocycles. The molecule has 0 saturated heterocycles. The van der Waals surface area contributed by atoms with Crippen molar-refractivity contribution in [2.75, 3.05) is 0 Å². The fourth-order valence-corrected chi connectivity index (χ4v) is 1.11. The average Bonchev–Trinajstić information content (AvgIpc) is 2.18. The lowest BCUT2D eigenvalue weighted by atomic mass is 10.3. The molecule has 0 spiro atoms. The van der Waals surface area contributed by atoms with E-state index in [2.05, 4.69) is 4.99 Å². The van der Waals surface area contributed by atoms with Gasteiger partial charge in [0.2, 0.25) is 6.08 Å². The van der Waals surface area contributed by atoms with Crippen LogP contribution < -0.4 is 0 Å². The first kappa shape index (κ1) is 6.53. The third-order valence-corrected chi connectivity index (χ3v) is 1.71. The zero-order chi connectivity index (χ0) is 6.69. The zero-order valence-corrected chi connectivity index (χ0v) is 5.56. The van der Waals surface area contributed by atoms with Crippen LogP contribution in [-0.4, -0.2) is 12.1 Å². The predicted molar refractivity (Wildman–Crippen MR) is 35.1 cm³/mol. The maximum absolute atomic E-state index is 9.73. The monoisotopic (exact) mass is 143 g/mol. The van der Waals surface area contributed by atoms with E-state index in [1.807, 2.05) is 6.08 Å². The molecule has 0 N–H and O–H groups in total. The number of aliphatic imine (C=N–C) groups is 1. The fraction of sp³-hybridized carbons (Fsp3) is 0.500. The standard InChI is InChI=1S/C6H6ClNO/c7-5-2-1-3-6(5)8-4-9/h2,6H,1,3H2. The molecule has 0 saturated carbocycles. The van der Waals surface area contributed by atoms with Gasteiger partial charge in [-0.1, -0.05) is 17.7 Å². The van der Waals surface area contributed by atoms with Crippen molar-refractivity contribution >= 4 is 17.7 Å². The van der Waals surface area contributed by atoms with Crippen LogP contribution in [0.1, 0.15) is 12.8 Å². The van der Waals surface area contributed by atoms with E-state index in [-0.39, 0.29) is 6.04 Å². The Morgan fingerprint density at radius 1 is 1.89 bits per heavy atom. The Bertz CT molecular complexity index is 181. The summed E-state index contributed by atoms with van der Waals surface area (Å²) in [6, 6.07) is -0.0934. The minimum Gasteiger partial charge on any atom is -0.211 e. The van der Waals surface area contributed by atoms with Gasteiger partial charge in [0.05, 0.1) is 6.04 Å². The van der Waals surface area contributed by atoms with E-state index < -0.39 is 0 Å². The smallest absolute Gasteiger partial charge is 0.211 e. The summed E-state index contributed by atoms with van der Waals surface area (Å²) in [4.78, 5) is 13.2. The molecule has 48 valence electrons. The highest BCUT2D eigenvalue weighted by atomic mass is 35.5. The van der Waals surface area contributed by atoms with Crippen LogP contribution in [0.2, 0.25) is 0 Å². The Morgan fingerprint density at radius 3 is 3.11 bits per heavy atom. The van der Waals surface area contributed by atoms with Gasteiger partial charge in [-0.2, -0.15) is 4.99 Å². The lowest BCUT2D eigenvalue weighted by molar-refractivity contribution is 0.559. The summed E-state index contributed by atoms with van der Waals surface area (Å²) < 4.78 is 0. The van der Waals surface area contributed by atoms with E-state index in [9.17, 15) is 4.79 Å². The first-order valence-electron chi connectivity index (χ1n) is 2.77. The second kappa shape index (κ2) is 2.81. The molecule has 0 bridgehead atoms. The summed E-state index contributed by atoms with van der Waals surface area (Å²) in [6.07, 6.45) is 5.15. The Labute approximate surface area is 58.2 Å². The number of nitrogens with zero attached hydrogens (tertiary/aromatic N) is 1. The van der Waals surface area contributed by atoms with Crippen LogP contribution in [0, 0.1) is 0 Å². The van der Waals surface area contributed by atoms with Gasteiger partial charge in [-0.3, -0.25) is 0 Å². The van der Waals surface area contributed by atoms with E-state index in [1.165, 1.54) is 6.08 Å².